The quantitative estimate of drug-likeness (QED) is 0.819. The third-order valence-corrected chi connectivity index (χ3v) is 2.57. The summed E-state index contributed by atoms with van der Waals surface area (Å²) in [4.78, 5) is 13.9. The molecule has 3 nitrogen and oxygen atoms in total. The molecule has 0 atom stereocenters. The molecular formula is C12H7ClN2O. The largest absolute Gasteiger partial charge is 0.328 e. The van der Waals surface area contributed by atoms with Gasteiger partial charge in [-0.1, -0.05) is 29.8 Å². The first kappa shape index (κ1) is 10.5. The van der Waals surface area contributed by atoms with Crippen LogP contribution in [0.2, 0.25) is 5.02 Å². The summed E-state index contributed by atoms with van der Waals surface area (Å²) in [6.45, 7) is 0. The second-order valence-electron chi connectivity index (χ2n) is 3.19. The van der Waals surface area contributed by atoms with Gasteiger partial charge in [-0.25, -0.2) is 0 Å². The standard InChI is InChI=1S/C12H7ClN2O/c13-11-4-2-1-3-9(11)8-5-6-15-12(16)10(8)7-14/h1-6H,(H,15,16). The fourth-order valence-electron chi connectivity index (χ4n) is 1.49. The van der Waals surface area contributed by atoms with Crippen LogP contribution in [-0.2, 0) is 0 Å². The molecule has 0 unspecified atom stereocenters. The van der Waals surface area contributed by atoms with Gasteiger partial charge in [-0.2, -0.15) is 5.26 Å². The molecule has 0 aliphatic heterocycles. The molecule has 16 heavy (non-hydrogen) atoms. The number of halogens is 1. The highest BCUT2D eigenvalue weighted by Crippen LogP contribution is 2.28. The van der Waals surface area contributed by atoms with Gasteiger partial charge in [0.25, 0.3) is 5.56 Å². The molecule has 0 bridgehead atoms. The predicted molar refractivity (Wildman–Crippen MR) is 62.2 cm³/mol. The number of aromatic nitrogens is 1. The lowest BCUT2D eigenvalue weighted by Gasteiger charge is -2.04. The molecule has 2 rings (SSSR count). The van der Waals surface area contributed by atoms with E-state index in [0.717, 1.165) is 0 Å². The molecule has 0 fully saturated rings. The van der Waals surface area contributed by atoms with Crippen molar-refractivity contribution in [2.24, 2.45) is 0 Å². The van der Waals surface area contributed by atoms with E-state index in [1.54, 1.807) is 24.3 Å². The van der Waals surface area contributed by atoms with Gasteiger partial charge in [0, 0.05) is 22.3 Å². The summed E-state index contributed by atoms with van der Waals surface area (Å²) in [5.74, 6) is 0. The van der Waals surface area contributed by atoms with E-state index in [0.29, 0.717) is 16.1 Å². The van der Waals surface area contributed by atoms with Gasteiger partial charge in [0.15, 0.2) is 0 Å². The highest BCUT2D eigenvalue weighted by Gasteiger charge is 2.10. The summed E-state index contributed by atoms with van der Waals surface area (Å²) in [5, 5.41) is 9.46. The van der Waals surface area contributed by atoms with Gasteiger partial charge in [0.1, 0.15) is 11.6 Å². The van der Waals surface area contributed by atoms with Gasteiger partial charge < -0.3 is 4.98 Å². The van der Waals surface area contributed by atoms with Crippen LogP contribution in [0.25, 0.3) is 11.1 Å². The van der Waals surface area contributed by atoms with Crippen LogP contribution in [-0.4, -0.2) is 4.98 Å². The molecule has 4 heteroatoms. The molecule has 0 saturated heterocycles. The molecule has 0 saturated carbocycles. The average Bonchev–Trinajstić information content (AvgIpc) is 2.29. The van der Waals surface area contributed by atoms with Gasteiger partial charge in [-0.15, -0.1) is 0 Å². The molecule has 2 aromatic rings. The Bertz CT molecular complexity index is 625. The molecule has 1 aromatic carbocycles. The maximum atomic E-state index is 11.4. The Kier molecular flexibility index (Phi) is 2.76. The van der Waals surface area contributed by atoms with Crippen molar-refractivity contribution in [1.29, 1.82) is 5.26 Å². The number of nitrogens with zero attached hydrogens (tertiary/aromatic N) is 1. The number of pyridine rings is 1. The number of hydrogen-bond acceptors (Lipinski definition) is 2. The van der Waals surface area contributed by atoms with Gasteiger partial charge in [-0.05, 0) is 12.1 Å². The summed E-state index contributed by atoms with van der Waals surface area (Å²) in [6.07, 6.45) is 1.50. The van der Waals surface area contributed by atoms with Crippen molar-refractivity contribution in [3.63, 3.8) is 0 Å². The first-order valence-electron chi connectivity index (χ1n) is 4.60. The van der Waals surface area contributed by atoms with Gasteiger partial charge >= 0.3 is 0 Å². The Morgan fingerprint density at radius 1 is 1.19 bits per heavy atom. The Morgan fingerprint density at radius 2 is 1.94 bits per heavy atom. The Morgan fingerprint density at radius 3 is 2.62 bits per heavy atom. The van der Waals surface area contributed by atoms with Crippen LogP contribution in [0, 0.1) is 11.3 Å². The highest BCUT2D eigenvalue weighted by molar-refractivity contribution is 6.33. The normalized spacial score (nSPS) is 9.75. The van der Waals surface area contributed by atoms with Crippen LogP contribution in [0.4, 0.5) is 0 Å². The summed E-state index contributed by atoms with van der Waals surface area (Å²) < 4.78 is 0. The first-order chi connectivity index (χ1) is 7.74. The van der Waals surface area contributed by atoms with E-state index in [1.165, 1.54) is 6.20 Å². The minimum absolute atomic E-state index is 0.0793. The van der Waals surface area contributed by atoms with Crippen LogP contribution >= 0.6 is 11.6 Å². The highest BCUT2D eigenvalue weighted by atomic mass is 35.5. The van der Waals surface area contributed by atoms with E-state index in [-0.39, 0.29) is 5.56 Å². The number of rotatable bonds is 1. The van der Waals surface area contributed by atoms with Crippen molar-refractivity contribution >= 4 is 11.6 Å². The lowest BCUT2D eigenvalue weighted by molar-refractivity contribution is 1.22. The molecular weight excluding hydrogens is 224 g/mol. The maximum Gasteiger partial charge on any atom is 0.266 e. The van der Waals surface area contributed by atoms with Crippen molar-refractivity contribution in [3.8, 4) is 17.2 Å². The Labute approximate surface area is 96.9 Å². The lowest BCUT2D eigenvalue weighted by atomic mass is 10.0. The Hall–Kier alpha value is -2.05. The van der Waals surface area contributed by atoms with Crippen molar-refractivity contribution in [2.45, 2.75) is 0 Å². The zero-order valence-electron chi connectivity index (χ0n) is 8.20. The minimum atomic E-state index is -0.403. The van der Waals surface area contributed by atoms with Crippen LogP contribution in [0.5, 0.6) is 0 Å². The van der Waals surface area contributed by atoms with Crippen LogP contribution in [0.3, 0.4) is 0 Å². The molecule has 1 aromatic heterocycles. The van der Waals surface area contributed by atoms with E-state index in [9.17, 15) is 4.79 Å². The zero-order chi connectivity index (χ0) is 11.5. The molecule has 1 heterocycles. The number of benzene rings is 1. The minimum Gasteiger partial charge on any atom is -0.328 e. The fraction of sp³-hybridized carbons (Fsp3) is 0. The van der Waals surface area contributed by atoms with Crippen molar-refractivity contribution < 1.29 is 0 Å². The number of aromatic amines is 1. The van der Waals surface area contributed by atoms with E-state index < -0.39 is 5.56 Å². The van der Waals surface area contributed by atoms with Crippen molar-refractivity contribution in [2.75, 3.05) is 0 Å². The topological polar surface area (TPSA) is 56.6 Å². The number of hydrogen-bond donors (Lipinski definition) is 1. The maximum absolute atomic E-state index is 11.4. The smallest absolute Gasteiger partial charge is 0.266 e. The average molecular weight is 231 g/mol. The molecule has 78 valence electrons. The Balaban J connectivity index is 2.76. The fourth-order valence-corrected chi connectivity index (χ4v) is 1.73. The molecule has 0 aliphatic rings. The molecule has 0 spiro atoms. The number of nitriles is 1. The van der Waals surface area contributed by atoms with E-state index >= 15 is 0 Å². The van der Waals surface area contributed by atoms with Crippen molar-refractivity contribution in [1.82, 2.24) is 4.98 Å². The third kappa shape index (κ3) is 1.71. The first-order valence-corrected chi connectivity index (χ1v) is 4.98. The second kappa shape index (κ2) is 4.21. The number of H-pyrrole nitrogens is 1. The molecule has 0 aliphatic carbocycles. The predicted octanol–water partition coefficient (Wildman–Crippen LogP) is 2.57. The van der Waals surface area contributed by atoms with Crippen LogP contribution < -0.4 is 5.56 Å². The third-order valence-electron chi connectivity index (χ3n) is 2.24. The van der Waals surface area contributed by atoms with Gasteiger partial charge in [0.2, 0.25) is 0 Å². The zero-order valence-corrected chi connectivity index (χ0v) is 8.95. The van der Waals surface area contributed by atoms with E-state index in [4.69, 9.17) is 16.9 Å². The lowest BCUT2D eigenvalue weighted by Crippen LogP contribution is -2.10. The monoisotopic (exact) mass is 230 g/mol. The molecule has 0 amide bonds. The summed E-state index contributed by atoms with van der Waals surface area (Å²) in [5.41, 5.74) is 0.916. The SMILES string of the molecule is N#Cc1c(-c2ccccc2Cl)cc[nH]c1=O. The number of nitrogens with one attached hydrogen (secondary N) is 1. The second-order valence-corrected chi connectivity index (χ2v) is 3.59. The van der Waals surface area contributed by atoms with Crippen LogP contribution in [0.15, 0.2) is 41.3 Å². The molecule has 0 radical (unpaired) electrons. The van der Waals surface area contributed by atoms with Crippen molar-refractivity contribution in [3.05, 3.63) is 57.5 Å². The van der Waals surface area contributed by atoms with E-state index in [1.807, 2.05) is 12.1 Å². The van der Waals surface area contributed by atoms with Gasteiger partial charge in [0.05, 0.1) is 0 Å². The summed E-state index contributed by atoms with van der Waals surface area (Å²) >= 11 is 6.02. The van der Waals surface area contributed by atoms with Gasteiger partial charge in [-0.3, -0.25) is 4.79 Å². The molecule has 1 N–H and O–H groups in total. The van der Waals surface area contributed by atoms with E-state index in [2.05, 4.69) is 4.98 Å². The summed E-state index contributed by atoms with van der Waals surface area (Å²) in [7, 11) is 0. The summed E-state index contributed by atoms with van der Waals surface area (Å²) in [6, 6.07) is 10.7. The van der Waals surface area contributed by atoms with Crippen LogP contribution in [0.1, 0.15) is 5.56 Å².